The molecule has 1 fully saturated rings. The molecule has 1 aliphatic rings. The van der Waals surface area contributed by atoms with Crippen molar-refractivity contribution in [3.63, 3.8) is 0 Å². The highest BCUT2D eigenvalue weighted by atomic mass is 127. The second-order valence-electron chi connectivity index (χ2n) is 7.05. The van der Waals surface area contributed by atoms with Gasteiger partial charge in [-0.2, -0.15) is 0 Å². The minimum Gasteiger partial charge on any atom is -0.381 e. The zero-order valence-corrected chi connectivity index (χ0v) is 18.5. The van der Waals surface area contributed by atoms with Gasteiger partial charge in [0.05, 0.1) is 0 Å². The number of hydrogen-bond donors (Lipinski definition) is 2. The average molecular weight is 454 g/mol. The van der Waals surface area contributed by atoms with Gasteiger partial charge in [0.1, 0.15) is 0 Å². The van der Waals surface area contributed by atoms with Crippen LogP contribution in [0.15, 0.2) is 4.99 Å². The molecular weight excluding hydrogens is 415 g/mol. The van der Waals surface area contributed by atoms with E-state index in [1.165, 1.54) is 32.4 Å². The Morgan fingerprint density at radius 2 is 1.96 bits per heavy atom. The number of hydrogen-bond acceptors (Lipinski definition) is 3. The molecule has 1 rings (SSSR count). The molecule has 1 saturated heterocycles. The fraction of sp³-hybridized carbons (Fsp3) is 0.944. The van der Waals surface area contributed by atoms with E-state index in [0.717, 1.165) is 51.1 Å². The van der Waals surface area contributed by atoms with Crippen LogP contribution in [0.4, 0.5) is 0 Å². The van der Waals surface area contributed by atoms with Gasteiger partial charge in [-0.05, 0) is 64.6 Å². The Bertz CT molecular complexity index is 318. The lowest BCUT2D eigenvalue weighted by Crippen LogP contribution is -2.39. The second-order valence-corrected chi connectivity index (χ2v) is 7.05. The minimum absolute atomic E-state index is 0. The van der Waals surface area contributed by atoms with Crippen molar-refractivity contribution < 1.29 is 4.74 Å². The lowest BCUT2D eigenvalue weighted by molar-refractivity contribution is 0.109. The maximum atomic E-state index is 5.59. The highest BCUT2D eigenvalue weighted by Crippen LogP contribution is 2.18. The van der Waals surface area contributed by atoms with E-state index >= 15 is 0 Å². The van der Waals surface area contributed by atoms with Crippen molar-refractivity contribution in [3.8, 4) is 0 Å². The van der Waals surface area contributed by atoms with Gasteiger partial charge in [-0.15, -0.1) is 24.0 Å². The van der Waals surface area contributed by atoms with Crippen molar-refractivity contribution in [1.29, 1.82) is 0 Å². The van der Waals surface area contributed by atoms with Gasteiger partial charge in [-0.3, -0.25) is 4.99 Å². The largest absolute Gasteiger partial charge is 0.381 e. The van der Waals surface area contributed by atoms with Gasteiger partial charge in [0.25, 0.3) is 0 Å². The molecule has 0 bridgehead atoms. The smallest absolute Gasteiger partial charge is 0.191 e. The molecule has 6 heteroatoms. The monoisotopic (exact) mass is 454 g/mol. The molecule has 0 aliphatic carbocycles. The van der Waals surface area contributed by atoms with Crippen LogP contribution in [-0.2, 0) is 4.74 Å². The number of guanidine groups is 1. The van der Waals surface area contributed by atoms with E-state index in [-0.39, 0.29) is 24.0 Å². The maximum Gasteiger partial charge on any atom is 0.191 e. The number of likely N-dealkylation sites (tertiary alicyclic amines) is 1. The van der Waals surface area contributed by atoms with Gasteiger partial charge < -0.3 is 20.3 Å². The van der Waals surface area contributed by atoms with Crippen molar-refractivity contribution in [2.24, 2.45) is 16.8 Å². The molecule has 0 saturated carbocycles. The van der Waals surface area contributed by atoms with E-state index in [0.29, 0.717) is 5.92 Å². The zero-order chi connectivity index (χ0) is 16.9. The number of ether oxygens (including phenoxy) is 1. The summed E-state index contributed by atoms with van der Waals surface area (Å²) in [5.41, 5.74) is 0. The first kappa shape index (κ1) is 23.9. The number of nitrogens with one attached hydrogen (secondary N) is 2. The number of aliphatic imine (C=N–C) groups is 1. The van der Waals surface area contributed by atoms with E-state index < -0.39 is 0 Å². The van der Waals surface area contributed by atoms with Crippen LogP contribution in [0, 0.1) is 11.8 Å². The number of piperidine rings is 1. The molecule has 144 valence electrons. The van der Waals surface area contributed by atoms with E-state index in [4.69, 9.17) is 4.74 Å². The molecule has 0 aromatic rings. The fourth-order valence-electron chi connectivity index (χ4n) is 2.76. The summed E-state index contributed by atoms with van der Waals surface area (Å²) in [6, 6.07) is 0. The summed E-state index contributed by atoms with van der Waals surface area (Å²) in [6.07, 6.45) is 4.89. The standard InChI is InChI=1S/C18H38N4O.HI/c1-5-19-18(20-10-6-14-23-15-16(2)3)21-11-7-17-8-12-22(4)13-9-17;/h16-17H,5-15H2,1-4H3,(H2,19,20,21);1H. The van der Waals surface area contributed by atoms with E-state index in [9.17, 15) is 0 Å². The maximum absolute atomic E-state index is 5.59. The molecule has 0 aromatic heterocycles. The highest BCUT2D eigenvalue weighted by Gasteiger charge is 2.16. The number of nitrogens with zero attached hydrogens (tertiary/aromatic N) is 2. The van der Waals surface area contributed by atoms with E-state index in [1.54, 1.807) is 0 Å². The average Bonchev–Trinajstić information content (AvgIpc) is 2.52. The minimum atomic E-state index is 0. The summed E-state index contributed by atoms with van der Waals surface area (Å²) < 4.78 is 5.59. The molecule has 0 aromatic carbocycles. The van der Waals surface area contributed by atoms with Crippen molar-refractivity contribution in [2.45, 2.75) is 46.5 Å². The summed E-state index contributed by atoms with van der Waals surface area (Å²) in [6.45, 7) is 13.3. The zero-order valence-electron chi connectivity index (χ0n) is 16.1. The Labute approximate surface area is 166 Å². The highest BCUT2D eigenvalue weighted by molar-refractivity contribution is 14.0. The van der Waals surface area contributed by atoms with Crippen molar-refractivity contribution in [3.05, 3.63) is 0 Å². The van der Waals surface area contributed by atoms with E-state index in [2.05, 4.69) is 48.3 Å². The third-order valence-electron chi connectivity index (χ3n) is 4.20. The summed E-state index contributed by atoms with van der Waals surface area (Å²) in [4.78, 5) is 7.06. The molecule has 1 heterocycles. The topological polar surface area (TPSA) is 48.9 Å². The predicted molar refractivity (Wildman–Crippen MR) is 115 cm³/mol. The Kier molecular flexibility index (Phi) is 15.1. The first-order valence-electron chi connectivity index (χ1n) is 9.40. The first-order valence-corrected chi connectivity index (χ1v) is 9.40. The van der Waals surface area contributed by atoms with Gasteiger partial charge in [0.15, 0.2) is 5.96 Å². The molecule has 5 nitrogen and oxygen atoms in total. The van der Waals surface area contributed by atoms with Crippen LogP contribution in [0.2, 0.25) is 0 Å². The molecule has 24 heavy (non-hydrogen) atoms. The molecule has 0 atom stereocenters. The summed E-state index contributed by atoms with van der Waals surface area (Å²) in [5, 5.41) is 6.80. The summed E-state index contributed by atoms with van der Waals surface area (Å²) >= 11 is 0. The SMILES string of the molecule is CCNC(=NCCCOCC(C)C)NCCC1CCN(C)CC1.I. The normalized spacial score (nSPS) is 17.0. The van der Waals surface area contributed by atoms with Crippen molar-refractivity contribution in [2.75, 3.05) is 53.0 Å². The molecule has 2 N–H and O–H groups in total. The van der Waals surface area contributed by atoms with Gasteiger partial charge in [0.2, 0.25) is 0 Å². The van der Waals surface area contributed by atoms with Gasteiger partial charge >= 0.3 is 0 Å². The lowest BCUT2D eigenvalue weighted by Gasteiger charge is -2.29. The summed E-state index contributed by atoms with van der Waals surface area (Å²) in [5.74, 6) is 2.42. The predicted octanol–water partition coefficient (Wildman–Crippen LogP) is 2.95. The molecule has 0 spiro atoms. The quantitative estimate of drug-likeness (QED) is 0.231. The second kappa shape index (κ2) is 15.2. The Morgan fingerprint density at radius 1 is 1.25 bits per heavy atom. The fourth-order valence-corrected chi connectivity index (χ4v) is 2.76. The third kappa shape index (κ3) is 12.3. The van der Waals surface area contributed by atoms with Crippen LogP contribution in [0.1, 0.15) is 46.5 Å². The van der Waals surface area contributed by atoms with Gasteiger partial charge in [0, 0.05) is 32.8 Å². The molecular formula is C18H39IN4O. The van der Waals surface area contributed by atoms with Gasteiger partial charge in [-0.25, -0.2) is 0 Å². The molecule has 1 aliphatic heterocycles. The number of rotatable bonds is 10. The van der Waals surface area contributed by atoms with Crippen molar-refractivity contribution >= 4 is 29.9 Å². The van der Waals surface area contributed by atoms with Crippen LogP contribution in [0.5, 0.6) is 0 Å². The first-order chi connectivity index (χ1) is 11.1. The molecule has 0 radical (unpaired) electrons. The van der Waals surface area contributed by atoms with Crippen LogP contribution in [0.25, 0.3) is 0 Å². The molecule has 0 unspecified atom stereocenters. The number of halogens is 1. The Morgan fingerprint density at radius 3 is 2.58 bits per heavy atom. The van der Waals surface area contributed by atoms with Crippen LogP contribution < -0.4 is 10.6 Å². The van der Waals surface area contributed by atoms with Crippen LogP contribution >= 0.6 is 24.0 Å². The third-order valence-corrected chi connectivity index (χ3v) is 4.20. The Balaban J connectivity index is 0.00000529. The van der Waals surface area contributed by atoms with Crippen LogP contribution in [0.3, 0.4) is 0 Å². The lowest BCUT2D eigenvalue weighted by atomic mass is 9.94. The van der Waals surface area contributed by atoms with E-state index in [1.807, 2.05) is 0 Å². The summed E-state index contributed by atoms with van der Waals surface area (Å²) in [7, 11) is 2.22. The Hall–Kier alpha value is -0.0800. The van der Waals surface area contributed by atoms with Crippen LogP contribution in [-0.4, -0.2) is 63.8 Å². The van der Waals surface area contributed by atoms with Gasteiger partial charge in [-0.1, -0.05) is 13.8 Å². The molecule has 0 amide bonds. The van der Waals surface area contributed by atoms with Crippen molar-refractivity contribution in [1.82, 2.24) is 15.5 Å².